The fourth-order valence-electron chi connectivity index (χ4n) is 2.88. The van der Waals surface area contributed by atoms with Crippen molar-refractivity contribution >= 4 is 17.7 Å². The van der Waals surface area contributed by atoms with Gasteiger partial charge in [-0.2, -0.15) is 0 Å². The monoisotopic (exact) mass is 427 g/mol. The van der Waals surface area contributed by atoms with Gasteiger partial charge in [0.2, 0.25) is 5.78 Å². The molecule has 0 unspecified atom stereocenters. The van der Waals surface area contributed by atoms with Crippen LogP contribution in [0, 0.1) is 5.92 Å². The van der Waals surface area contributed by atoms with Crippen molar-refractivity contribution in [3.63, 3.8) is 0 Å². The van der Waals surface area contributed by atoms with Crippen molar-refractivity contribution < 1.29 is 28.6 Å². The average molecular weight is 427 g/mol. The molecule has 0 aliphatic carbocycles. The third-order valence-corrected chi connectivity index (χ3v) is 4.67. The minimum atomic E-state index is -0.996. The molecule has 7 nitrogen and oxygen atoms in total. The summed E-state index contributed by atoms with van der Waals surface area (Å²) in [6.45, 7) is 7.50. The minimum absolute atomic E-state index is 0.234. The maximum Gasteiger partial charge on any atom is 0.329 e. The normalized spacial score (nSPS) is 12.6. The van der Waals surface area contributed by atoms with Crippen LogP contribution in [0.1, 0.15) is 48.4 Å². The Morgan fingerprint density at radius 2 is 1.42 bits per heavy atom. The zero-order chi connectivity index (χ0) is 23.0. The molecular weight excluding hydrogens is 398 g/mol. The van der Waals surface area contributed by atoms with Crippen molar-refractivity contribution in [1.82, 2.24) is 5.32 Å². The van der Waals surface area contributed by atoms with E-state index in [0.717, 1.165) is 0 Å². The first-order valence-electron chi connectivity index (χ1n) is 10.2. The van der Waals surface area contributed by atoms with Gasteiger partial charge in [-0.05, 0) is 68.3 Å². The van der Waals surface area contributed by atoms with E-state index in [1.807, 2.05) is 6.92 Å². The molecule has 31 heavy (non-hydrogen) atoms. The maximum absolute atomic E-state index is 12.7. The van der Waals surface area contributed by atoms with Crippen molar-refractivity contribution in [3.05, 3.63) is 59.7 Å². The van der Waals surface area contributed by atoms with E-state index in [0.29, 0.717) is 29.2 Å². The van der Waals surface area contributed by atoms with Gasteiger partial charge in [0.05, 0.1) is 13.7 Å². The SMILES string of the molecule is CCOc1ccc(C(=O)N[C@H](C(=O)O[C@H](C)C(=O)c2ccc(OC)cc2)C(C)C)cc1. The second-order valence-electron chi connectivity index (χ2n) is 7.32. The van der Waals surface area contributed by atoms with Gasteiger partial charge in [0.1, 0.15) is 17.5 Å². The Morgan fingerprint density at radius 1 is 0.871 bits per heavy atom. The third-order valence-electron chi connectivity index (χ3n) is 4.67. The second-order valence-corrected chi connectivity index (χ2v) is 7.32. The largest absolute Gasteiger partial charge is 0.497 e. The van der Waals surface area contributed by atoms with E-state index < -0.39 is 24.0 Å². The van der Waals surface area contributed by atoms with Crippen LogP contribution in [-0.2, 0) is 9.53 Å². The van der Waals surface area contributed by atoms with E-state index in [1.165, 1.54) is 14.0 Å². The van der Waals surface area contributed by atoms with Gasteiger partial charge in [0.15, 0.2) is 6.10 Å². The van der Waals surface area contributed by atoms with Crippen molar-refractivity contribution in [2.45, 2.75) is 39.8 Å². The quantitative estimate of drug-likeness (QED) is 0.460. The number of hydrogen-bond donors (Lipinski definition) is 1. The molecular formula is C24H29NO6. The molecule has 0 bridgehead atoms. The molecule has 2 rings (SSSR count). The number of benzene rings is 2. The Kier molecular flexibility index (Phi) is 8.61. The van der Waals surface area contributed by atoms with Crippen LogP contribution < -0.4 is 14.8 Å². The number of esters is 1. The lowest BCUT2D eigenvalue weighted by molar-refractivity contribution is -0.149. The molecule has 0 heterocycles. The van der Waals surface area contributed by atoms with Crippen LogP contribution >= 0.6 is 0 Å². The third kappa shape index (κ3) is 6.57. The summed E-state index contributed by atoms with van der Waals surface area (Å²) in [6, 6.07) is 12.3. The molecule has 2 aromatic carbocycles. The molecule has 0 fully saturated rings. The van der Waals surface area contributed by atoms with Gasteiger partial charge in [-0.1, -0.05) is 13.8 Å². The molecule has 166 valence electrons. The molecule has 0 aliphatic rings. The Hall–Kier alpha value is -3.35. The highest BCUT2D eigenvalue weighted by molar-refractivity contribution is 6.01. The van der Waals surface area contributed by atoms with Crippen LogP contribution in [-0.4, -0.2) is 43.5 Å². The molecule has 0 saturated carbocycles. The Balaban J connectivity index is 2.03. The lowest BCUT2D eigenvalue weighted by Gasteiger charge is -2.23. The first-order valence-corrected chi connectivity index (χ1v) is 10.2. The first-order chi connectivity index (χ1) is 14.8. The summed E-state index contributed by atoms with van der Waals surface area (Å²) in [5, 5.41) is 2.70. The number of rotatable bonds is 10. The van der Waals surface area contributed by atoms with Crippen molar-refractivity contribution in [2.75, 3.05) is 13.7 Å². The fourth-order valence-corrected chi connectivity index (χ4v) is 2.88. The summed E-state index contributed by atoms with van der Waals surface area (Å²) in [4.78, 5) is 37.9. The van der Waals surface area contributed by atoms with Gasteiger partial charge in [-0.25, -0.2) is 4.79 Å². The molecule has 2 aromatic rings. The number of Topliss-reactive ketones (excluding diaryl/α,β-unsaturated/α-hetero) is 1. The molecule has 0 radical (unpaired) electrons. The van der Waals surface area contributed by atoms with E-state index in [-0.39, 0.29) is 11.7 Å². The number of nitrogens with one attached hydrogen (secondary N) is 1. The summed E-state index contributed by atoms with van der Waals surface area (Å²) in [5.74, 6) is -0.363. The molecule has 1 N–H and O–H groups in total. The second kappa shape index (κ2) is 11.2. The summed E-state index contributed by atoms with van der Waals surface area (Å²) in [5.41, 5.74) is 0.796. The number of amides is 1. The first kappa shape index (κ1) is 23.9. The summed E-state index contributed by atoms with van der Waals surface area (Å²) in [6.07, 6.45) is -0.996. The number of carbonyl (C=O) groups is 3. The van der Waals surface area contributed by atoms with Crippen LogP contribution in [0.4, 0.5) is 0 Å². The number of carbonyl (C=O) groups excluding carboxylic acids is 3. The lowest BCUT2D eigenvalue weighted by Crippen LogP contribution is -2.46. The summed E-state index contributed by atoms with van der Waals surface area (Å²) < 4.78 is 15.8. The Labute approximate surface area is 182 Å². The number of hydrogen-bond acceptors (Lipinski definition) is 6. The van der Waals surface area contributed by atoms with Crippen LogP contribution in [0.5, 0.6) is 11.5 Å². The van der Waals surface area contributed by atoms with Gasteiger partial charge in [0, 0.05) is 11.1 Å². The minimum Gasteiger partial charge on any atom is -0.497 e. The highest BCUT2D eigenvalue weighted by Crippen LogP contribution is 2.16. The summed E-state index contributed by atoms with van der Waals surface area (Å²) in [7, 11) is 1.54. The van der Waals surface area contributed by atoms with Crippen molar-refractivity contribution in [3.8, 4) is 11.5 Å². The maximum atomic E-state index is 12.7. The van der Waals surface area contributed by atoms with Gasteiger partial charge >= 0.3 is 5.97 Å². The molecule has 0 spiro atoms. The Morgan fingerprint density at radius 3 is 1.94 bits per heavy atom. The van der Waals surface area contributed by atoms with E-state index in [9.17, 15) is 14.4 Å². The van der Waals surface area contributed by atoms with Crippen LogP contribution in [0.25, 0.3) is 0 Å². The molecule has 0 aliphatic heterocycles. The zero-order valence-electron chi connectivity index (χ0n) is 18.5. The molecule has 2 atom stereocenters. The molecule has 1 amide bonds. The Bertz CT molecular complexity index is 889. The number of ketones is 1. The lowest BCUT2D eigenvalue weighted by atomic mass is 10.0. The predicted molar refractivity (Wildman–Crippen MR) is 117 cm³/mol. The van der Waals surface area contributed by atoms with Gasteiger partial charge < -0.3 is 19.5 Å². The molecule has 0 aromatic heterocycles. The fraction of sp³-hybridized carbons (Fsp3) is 0.375. The number of methoxy groups -OCH3 is 1. The highest BCUT2D eigenvalue weighted by Gasteiger charge is 2.29. The van der Waals surface area contributed by atoms with E-state index >= 15 is 0 Å². The van der Waals surface area contributed by atoms with Gasteiger partial charge in [-0.15, -0.1) is 0 Å². The van der Waals surface area contributed by atoms with E-state index in [4.69, 9.17) is 14.2 Å². The van der Waals surface area contributed by atoms with Crippen LogP contribution in [0.3, 0.4) is 0 Å². The standard InChI is InChI=1S/C24H29NO6/c1-6-30-20-13-9-18(10-14-20)23(27)25-21(15(2)3)24(28)31-16(4)22(26)17-7-11-19(29-5)12-8-17/h7-16,21H,6H2,1-5H3,(H,25,27)/t16-,21+/m1/s1. The predicted octanol–water partition coefficient (Wildman–Crippen LogP) is 3.66. The summed E-state index contributed by atoms with van der Waals surface area (Å²) >= 11 is 0. The van der Waals surface area contributed by atoms with Crippen LogP contribution in [0.2, 0.25) is 0 Å². The van der Waals surface area contributed by atoms with Crippen molar-refractivity contribution in [2.24, 2.45) is 5.92 Å². The topological polar surface area (TPSA) is 90.9 Å². The highest BCUT2D eigenvalue weighted by atomic mass is 16.5. The average Bonchev–Trinajstić information content (AvgIpc) is 2.77. The molecule has 7 heteroatoms. The van der Waals surface area contributed by atoms with Gasteiger partial charge in [0.25, 0.3) is 5.91 Å². The van der Waals surface area contributed by atoms with Crippen LogP contribution in [0.15, 0.2) is 48.5 Å². The smallest absolute Gasteiger partial charge is 0.329 e. The molecule has 0 saturated heterocycles. The van der Waals surface area contributed by atoms with E-state index in [1.54, 1.807) is 62.4 Å². The van der Waals surface area contributed by atoms with Crippen molar-refractivity contribution in [1.29, 1.82) is 0 Å². The number of ether oxygens (including phenoxy) is 3. The van der Waals surface area contributed by atoms with Gasteiger partial charge in [-0.3, -0.25) is 9.59 Å². The van der Waals surface area contributed by atoms with E-state index in [2.05, 4.69) is 5.32 Å². The zero-order valence-corrected chi connectivity index (χ0v) is 18.5.